The Hall–Kier alpha value is -1.62. The van der Waals surface area contributed by atoms with Crippen molar-refractivity contribution in [2.45, 2.75) is 16.8 Å². The Morgan fingerprint density at radius 2 is 2.18 bits per heavy atom. The van der Waals surface area contributed by atoms with E-state index in [1.165, 1.54) is 0 Å². The van der Waals surface area contributed by atoms with Crippen LogP contribution in [0.2, 0.25) is 0 Å². The van der Waals surface area contributed by atoms with Crippen LogP contribution >= 0.6 is 11.8 Å². The van der Waals surface area contributed by atoms with Crippen LogP contribution in [0.15, 0.2) is 34.2 Å². The van der Waals surface area contributed by atoms with E-state index in [2.05, 4.69) is 5.10 Å². The molecule has 2 aromatic rings. The Morgan fingerprint density at radius 3 is 2.76 bits per heavy atom. The van der Waals surface area contributed by atoms with Crippen molar-refractivity contribution in [3.63, 3.8) is 0 Å². The number of nitrogen functional groups attached to an aromatic ring is 1. The fourth-order valence-corrected chi connectivity index (χ4v) is 2.57. The van der Waals surface area contributed by atoms with Gasteiger partial charge in [0.2, 0.25) is 0 Å². The summed E-state index contributed by atoms with van der Waals surface area (Å²) in [6.45, 7) is 1.97. The van der Waals surface area contributed by atoms with E-state index in [1.54, 1.807) is 18.9 Å². The third-order valence-corrected chi connectivity index (χ3v) is 3.59. The first-order chi connectivity index (χ1) is 8.11. The van der Waals surface area contributed by atoms with Crippen LogP contribution in [0.3, 0.4) is 0 Å². The second kappa shape index (κ2) is 4.71. The molecule has 0 radical (unpaired) electrons. The Balaban J connectivity index is 2.33. The van der Waals surface area contributed by atoms with Crippen molar-refractivity contribution in [1.29, 1.82) is 0 Å². The van der Waals surface area contributed by atoms with Crippen LogP contribution in [-0.4, -0.2) is 16.9 Å². The predicted molar refractivity (Wildman–Crippen MR) is 69.5 cm³/mol. The minimum atomic E-state index is 0.666. The molecule has 4 nitrogen and oxygen atoms in total. The van der Waals surface area contributed by atoms with Gasteiger partial charge in [-0.15, -0.1) is 0 Å². The van der Waals surface area contributed by atoms with Gasteiger partial charge < -0.3 is 10.5 Å². The van der Waals surface area contributed by atoms with Gasteiger partial charge in [0, 0.05) is 11.9 Å². The van der Waals surface area contributed by atoms with Crippen LogP contribution in [-0.2, 0) is 7.05 Å². The molecule has 0 spiro atoms. The number of hydrogen-bond acceptors (Lipinski definition) is 4. The number of aromatic nitrogens is 2. The maximum absolute atomic E-state index is 6.02. The largest absolute Gasteiger partial charge is 0.495 e. The molecule has 0 amide bonds. The van der Waals surface area contributed by atoms with Gasteiger partial charge in [-0.1, -0.05) is 17.8 Å². The monoisotopic (exact) mass is 249 g/mol. The van der Waals surface area contributed by atoms with E-state index in [1.807, 2.05) is 42.9 Å². The molecular weight excluding hydrogens is 234 g/mol. The smallest absolute Gasteiger partial charge is 0.142 e. The molecule has 0 fully saturated rings. The van der Waals surface area contributed by atoms with Crippen molar-refractivity contribution >= 4 is 17.4 Å². The molecular formula is C12H15N3OS. The van der Waals surface area contributed by atoms with Crippen LogP contribution < -0.4 is 10.5 Å². The number of ether oxygens (including phenoxy) is 1. The molecule has 0 aliphatic rings. The molecule has 0 saturated heterocycles. The highest BCUT2D eigenvalue weighted by molar-refractivity contribution is 7.99. The van der Waals surface area contributed by atoms with Gasteiger partial charge in [0.1, 0.15) is 5.75 Å². The fraction of sp³-hybridized carbons (Fsp3) is 0.250. The minimum Gasteiger partial charge on any atom is -0.495 e. The lowest BCUT2D eigenvalue weighted by molar-refractivity contribution is 0.416. The van der Waals surface area contributed by atoms with Crippen molar-refractivity contribution in [1.82, 2.24) is 9.78 Å². The van der Waals surface area contributed by atoms with Crippen molar-refractivity contribution in [3.8, 4) is 5.75 Å². The Kier molecular flexibility index (Phi) is 3.28. The third-order valence-electron chi connectivity index (χ3n) is 2.42. The SMILES string of the molecule is COc1cccc(Sc2cc(C)nn2C)c1N. The van der Waals surface area contributed by atoms with Crippen LogP contribution in [0.5, 0.6) is 5.75 Å². The molecule has 5 heteroatoms. The molecule has 1 aromatic carbocycles. The van der Waals surface area contributed by atoms with Crippen LogP contribution in [0, 0.1) is 6.92 Å². The fourth-order valence-electron chi connectivity index (χ4n) is 1.59. The molecule has 1 heterocycles. The van der Waals surface area contributed by atoms with Gasteiger partial charge in [-0.2, -0.15) is 5.10 Å². The average molecular weight is 249 g/mol. The number of nitrogens with zero attached hydrogens (tertiary/aromatic N) is 2. The molecule has 1 aromatic heterocycles. The number of hydrogen-bond donors (Lipinski definition) is 1. The maximum Gasteiger partial charge on any atom is 0.142 e. The first kappa shape index (κ1) is 11.9. The molecule has 0 aliphatic heterocycles. The molecule has 17 heavy (non-hydrogen) atoms. The summed E-state index contributed by atoms with van der Waals surface area (Å²) in [5.74, 6) is 0.703. The Labute approximate surface area is 105 Å². The van der Waals surface area contributed by atoms with Gasteiger partial charge in [-0.05, 0) is 25.1 Å². The lowest BCUT2D eigenvalue weighted by Crippen LogP contribution is -1.96. The summed E-state index contributed by atoms with van der Waals surface area (Å²) in [5, 5.41) is 5.36. The van der Waals surface area contributed by atoms with E-state index in [0.29, 0.717) is 11.4 Å². The predicted octanol–water partition coefficient (Wildman–Crippen LogP) is 2.47. The lowest BCUT2D eigenvalue weighted by Gasteiger charge is -2.09. The van der Waals surface area contributed by atoms with Gasteiger partial charge in [0.25, 0.3) is 0 Å². The number of benzene rings is 1. The highest BCUT2D eigenvalue weighted by Crippen LogP contribution is 2.36. The number of anilines is 1. The number of methoxy groups -OCH3 is 1. The summed E-state index contributed by atoms with van der Waals surface area (Å²) in [6, 6.07) is 7.79. The van der Waals surface area contributed by atoms with E-state index in [0.717, 1.165) is 15.6 Å². The number of rotatable bonds is 3. The number of nitrogens with two attached hydrogens (primary N) is 1. The van der Waals surface area contributed by atoms with E-state index in [4.69, 9.17) is 10.5 Å². The van der Waals surface area contributed by atoms with Crippen LogP contribution in [0.4, 0.5) is 5.69 Å². The normalized spacial score (nSPS) is 10.5. The second-order valence-electron chi connectivity index (χ2n) is 3.72. The summed E-state index contributed by atoms with van der Waals surface area (Å²) >= 11 is 1.59. The summed E-state index contributed by atoms with van der Waals surface area (Å²) in [5.41, 5.74) is 7.69. The molecule has 0 aliphatic carbocycles. The molecule has 0 unspecified atom stereocenters. The van der Waals surface area contributed by atoms with Gasteiger partial charge in [-0.3, -0.25) is 4.68 Å². The summed E-state index contributed by atoms with van der Waals surface area (Å²) in [6.07, 6.45) is 0. The highest BCUT2D eigenvalue weighted by Gasteiger charge is 2.09. The van der Waals surface area contributed by atoms with Gasteiger partial charge in [0.15, 0.2) is 0 Å². The minimum absolute atomic E-state index is 0.666. The lowest BCUT2D eigenvalue weighted by atomic mass is 10.3. The molecule has 90 valence electrons. The van der Waals surface area contributed by atoms with Crippen molar-refractivity contribution in [3.05, 3.63) is 30.0 Å². The standard InChI is InChI=1S/C12H15N3OS/c1-8-7-11(15(2)14-8)17-10-6-4-5-9(16-3)12(10)13/h4-7H,13H2,1-3H3. The highest BCUT2D eigenvalue weighted by atomic mass is 32.2. The Bertz CT molecular complexity index is 537. The molecule has 0 saturated carbocycles. The van der Waals surface area contributed by atoms with Crippen LogP contribution in [0.1, 0.15) is 5.69 Å². The van der Waals surface area contributed by atoms with E-state index < -0.39 is 0 Å². The maximum atomic E-state index is 6.02. The van der Waals surface area contributed by atoms with E-state index in [9.17, 15) is 0 Å². The summed E-state index contributed by atoms with van der Waals surface area (Å²) in [7, 11) is 3.54. The first-order valence-corrected chi connectivity index (χ1v) is 6.04. The second-order valence-corrected chi connectivity index (χ2v) is 4.78. The zero-order valence-electron chi connectivity index (χ0n) is 10.1. The summed E-state index contributed by atoms with van der Waals surface area (Å²) in [4.78, 5) is 0.979. The molecule has 0 bridgehead atoms. The third kappa shape index (κ3) is 2.39. The quantitative estimate of drug-likeness (QED) is 0.849. The Morgan fingerprint density at radius 1 is 1.41 bits per heavy atom. The molecule has 2 N–H and O–H groups in total. The molecule has 2 rings (SSSR count). The number of aryl methyl sites for hydroxylation is 2. The molecule has 0 atom stereocenters. The van der Waals surface area contributed by atoms with Crippen LogP contribution in [0.25, 0.3) is 0 Å². The van der Waals surface area contributed by atoms with Gasteiger partial charge in [-0.25, -0.2) is 0 Å². The van der Waals surface area contributed by atoms with Crippen molar-refractivity contribution < 1.29 is 4.74 Å². The zero-order valence-corrected chi connectivity index (χ0v) is 10.9. The van der Waals surface area contributed by atoms with Crippen molar-refractivity contribution in [2.75, 3.05) is 12.8 Å². The number of para-hydroxylation sites is 1. The first-order valence-electron chi connectivity index (χ1n) is 5.23. The van der Waals surface area contributed by atoms with Gasteiger partial charge in [0.05, 0.1) is 23.5 Å². The van der Waals surface area contributed by atoms with E-state index in [-0.39, 0.29) is 0 Å². The zero-order chi connectivity index (χ0) is 12.4. The summed E-state index contributed by atoms with van der Waals surface area (Å²) < 4.78 is 7.04. The van der Waals surface area contributed by atoms with Crippen molar-refractivity contribution in [2.24, 2.45) is 7.05 Å². The topological polar surface area (TPSA) is 53.1 Å². The van der Waals surface area contributed by atoms with Gasteiger partial charge >= 0.3 is 0 Å². The average Bonchev–Trinajstić information content (AvgIpc) is 2.60. The van der Waals surface area contributed by atoms with E-state index >= 15 is 0 Å².